The molecule has 0 amide bonds. The first-order valence-corrected chi connectivity index (χ1v) is 8.67. The van der Waals surface area contributed by atoms with Gasteiger partial charge in [0.05, 0.1) is 16.7 Å². The Morgan fingerprint density at radius 3 is 2.42 bits per heavy atom. The van der Waals surface area contributed by atoms with Crippen LogP contribution in [0.3, 0.4) is 0 Å². The lowest BCUT2D eigenvalue weighted by molar-refractivity contribution is 0.630. The molecule has 5 rings (SSSR count). The fourth-order valence-electron chi connectivity index (χ4n) is 4.01. The highest BCUT2D eigenvalue weighted by molar-refractivity contribution is 6.11. The van der Waals surface area contributed by atoms with Crippen LogP contribution in [0.2, 0.25) is 0 Å². The first-order valence-electron chi connectivity index (χ1n) is 8.67. The number of para-hydroxylation sites is 2. The molecular weight excluding hydrogens is 292 g/mol. The first-order chi connectivity index (χ1) is 11.7. The van der Waals surface area contributed by atoms with Crippen molar-refractivity contribution in [1.29, 1.82) is 0 Å². The number of fused-ring (bicyclic) bond motifs is 5. The highest BCUT2D eigenvalue weighted by Gasteiger charge is 2.34. The fourth-order valence-corrected chi connectivity index (χ4v) is 4.01. The van der Waals surface area contributed by atoms with Crippen LogP contribution in [0.4, 0.5) is 0 Å². The molecule has 0 saturated heterocycles. The monoisotopic (exact) mass is 314 g/mol. The van der Waals surface area contributed by atoms with Gasteiger partial charge in [-0.2, -0.15) is 0 Å². The van der Waals surface area contributed by atoms with Gasteiger partial charge in [0, 0.05) is 28.6 Å². The second-order valence-electron chi connectivity index (χ2n) is 6.57. The lowest BCUT2D eigenvalue weighted by Gasteiger charge is -2.34. The SMILES string of the molecule is CC.CC1(C)c2ccccc2-n2c3ccncc3c3cccc1c32. The Hall–Kier alpha value is -2.61. The van der Waals surface area contributed by atoms with Crippen molar-refractivity contribution in [3.05, 3.63) is 72.1 Å². The van der Waals surface area contributed by atoms with E-state index in [1.807, 2.05) is 26.2 Å². The summed E-state index contributed by atoms with van der Waals surface area (Å²) in [4.78, 5) is 4.34. The molecular formula is C22H22N2. The van der Waals surface area contributed by atoms with Gasteiger partial charge in [-0.1, -0.05) is 64.1 Å². The summed E-state index contributed by atoms with van der Waals surface area (Å²) < 4.78 is 2.41. The van der Waals surface area contributed by atoms with Crippen LogP contribution in [0.25, 0.3) is 27.5 Å². The number of benzene rings is 2. The second kappa shape index (κ2) is 5.20. The molecule has 0 spiro atoms. The molecule has 0 radical (unpaired) electrons. The third-order valence-corrected chi connectivity index (χ3v) is 5.08. The zero-order chi connectivity index (χ0) is 16.9. The van der Waals surface area contributed by atoms with Crippen molar-refractivity contribution in [2.45, 2.75) is 33.1 Å². The topological polar surface area (TPSA) is 17.8 Å². The first kappa shape index (κ1) is 14.9. The van der Waals surface area contributed by atoms with Gasteiger partial charge in [-0.3, -0.25) is 4.98 Å². The molecule has 120 valence electrons. The summed E-state index contributed by atoms with van der Waals surface area (Å²) in [6, 6.07) is 17.5. The maximum atomic E-state index is 4.34. The summed E-state index contributed by atoms with van der Waals surface area (Å²) in [5.74, 6) is 0. The average molecular weight is 314 g/mol. The number of nitrogens with zero attached hydrogens (tertiary/aromatic N) is 2. The summed E-state index contributed by atoms with van der Waals surface area (Å²) >= 11 is 0. The van der Waals surface area contributed by atoms with Gasteiger partial charge in [0.15, 0.2) is 0 Å². The molecule has 3 heterocycles. The minimum absolute atomic E-state index is 0.00785. The third kappa shape index (κ3) is 1.74. The van der Waals surface area contributed by atoms with Crippen LogP contribution < -0.4 is 0 Å². The summed E-state index contributed by atoms with van der Waals surface area (Å²) in [5, 5.41) is 2.52. The molecule has 2 nitrogen and oxygen atoms in total. The molecule has 2 aromatic carbocycles. The zero-order valence-corrected chi connectivity index (χ0v) is 14.7. The second-order valence-corrected chi connectivity index (χ2v) is 6.57. The van der Waals surface area contributed by atoms with E-state index in [2.05, 4.69) is 71.9 Å². The Balaban J connectivity index is 0.000000704. The van der Waals surface area contributed by atoms with Gasteiger partial charge in [-0.05, 0) is 23.3 Å². The molecule has 0 saturated carbocycles. The molecule has 2 aromatic heterocycles. The molecule has 0 N–H and O–H groups in total. The molecule has 1 aliphatic rings. The van der Waals surface area contributed by atoms with Crippen LogP contribution in [0, 0.1) is 0 Å². The highest BCUT2D eigenvalue weighted by Crippen LogP contribution is 2.46. The molecule has 0 unspecified atom stereocenters. The van der Waals surface area contributed by atoms with E-state index in [-0.39, 0.29) is 5.41 Å². The summed E-state index contributed by atoms with van der Waals surface area (Å²) in [7, 11) is 0. The Labute approximate surface area is 142 Å². The van der Waals surface area contributed by atoms with E-state index >= 15 is 0 Å². The van der Waals surface area contributed by atoms with Crippen molar-refractivity contribution < 1.29 is 0 Å². The zero-order valence-electron chi connectivity index (χ0n) is 14.7. The predicted molar refractivity (Wildman–Crippen MR) is 102 cm³/mol. The van der Waals surface area contributed by atoms with Crippen LogP contribution in [0.5, 0.6) is 0 Å². The molecule has 1 aliphatic heterocycles. The number of hydrogen-bond donors (Lipinski definition) is 0. The molecule has 24 heavy (non-hydrogen) atoms. The minimum atomic E-state index is 0.00785. The summed E-state index contributed by atoms with van der Waals surface area (Å²) in [6.45, 7) is 8.64. The van der Waals surface area contributed by atoms with E-state index in [1.165, 1.54) is 38.6 Å². The van der Waals surface area contributed by atoms with Crippen LogP contribution in [-0.4, -0.2) is 9.55 Å². The van der Waals surface area contributed by atoms with Crippen molar-refractivity contribution >= 4 is 21.8 Å². The van der Waals surface area contributed by atoms with Gasteiger partial charge in [0.1, 0.15) is 0 Å². The molecule has 4 aromatic rings. The standard InChI is InChI=1S/C20H16N2.C2H6/c1-20(2)15-7-3-4-9-18(15)22-17-10-11-21-12-14(17)13-6-5-8-16(20)19(13)22;1-2/h3-12H,1-2H3;1-2H3. The van der Waals surface area contributed by atoms with E-state index in [4.69, 9.17) is 0 Å². The minimum Gasteiger partial charge on any atom is -0.309 e. The average Bonchev–Trinajstić information content (AvgIpc) is 2.97. The summed E-state index contributed by atoms with van der Waals surface area (Å²) in [6.07, 6.45) is 3.87. The van der Waals surface area contributed by atoms with Crippen LogP contribution >= 0.6 is 0 Å². The lowest BCUT2D eigenvalue weighted by Crippen LogP contribution is -2.26. The number of hydrogen-bond acceptors (Lipinski definition) is 1. The van der Waals surface area contributed by atoms with Gasteiger partial charge in [0.2, 0.25) is 0 Å². The van der Waals surface area contributed by atoms with Crippen molar-refractivity contribution in [2.24, 2.45) is 0 Å². The molecule has 2 heteroatoms. The number of rotatable bonds is 0. The van der Waals surface area contributed by atoms with E-state index in [9.17, 15) is 0 Å². The van der Waals surface area contributed by atoms with Gasteiger partial charge >= 0.3 is 0 Å². The van der Waals surface area contributed by atoms with Gasteiger partial charge in [-0.25, -0.2) is 0 Å². The summed E-state index contributed by atoms with van der Waals surface area (Å²) in [5.41, 5.74) is 6.63. The Bertz CT molecular complexity index is 1050. The Morgan fingerprint density at radius 2 is 1.58 bits per heavy atom. The van der Waals surface area contributed by atoms with Crippen molar-refractivity contribution in [3.8, 4) is 5.69 Å². The molecule has 0 aliphatic carbocycles. The quantitative estimate of drug-likeness (QED) is 0.398. The van der Waals surface area contributed by atoms with Gasteiger partial charge in [0.25, 0.3) is 0 Å². The number of pyridine rings is 1. The Morgan fingerprint density at radius 1 is 0.833 bits per heavy atom. The lowest BCUT2D eigenvalue weighted by atomic mass is 9.75. The van der Waals surface area contributed by atoms with Crippen LogP contribution in [0.1, 0.15) is 38.8 Å². The molecule has 0 bridgehead atoms. The van der Waals surface area contributed by atoms with E-state index < -0.39 is 0 Å². The van der Waals surface area contributed by atoms with Crippen molar-refractivity contribution in [1.82, 2.24) is 9.55 Å². The smallest absolute Gasteiger partial charge is 0.0582 e. The predicted octanol–water partition coefficient (Wildman–Crippen LogP) is 5.84. The van der Waals surface area contributed by atoms with E-state index in [0.29, 0.717) is 0 Å². The third-order valence-electron chi connectivity index (χ3n) is 5.08. The van der Waals surface area contributed by atoms with Gasteiger partial charge < -0.3 is 4.57 Å². The van der Waals surface area contributed by atoms with Crippen molar-refractivity contribution in [2.75, 3.05) is 0 Å². The maximum absolute atomic E-state index is 4.34. The normalized spacial score (nSPS) is 14.2. The molecule has 0 atom stereocenters. The highest BCUT2D eigenvalue weighted by atomic mass is 15.0. The van der Waals surface area contributed by atoms with Crippen molar-refractivity contribution in [3.63, 3.8) is 0 Å². The largest absolute Gasteiger partial charge is 0.309 e. The van der Waals surface area contributed by atoms with E-state index in [0.717, 1.165) is 0 Å². The fraction of sp³-hybridized carbons (Fsp3) is 0.227. The number of aromatic nitrogens is 2. The van der Waals surface area contributed by atoms with Crippen LogP contribution in [0.15, 0.2) is 60.9 Å². The van der Waals surface area contributed by atoms with E-state index in [1.54, 1.807) is 0 Å². The Kier molecular flexibility index (Phi) is 3.24. The maximum Gasteiger partial charge on any atom is 0.0582 e. The van der Waals surface area contributed by atoms with Gasteiger partial charge in [-0.15, -0.1) is 0 Å². The van der Waals surface area contributed by atoms with Crippen LogP contribution in [-0.2, 0) is 5.41 Å². The molecule has 0 fully saturated rings.